The Morgan fingerprint density at radius 3 is 2.33 bits per heavy atom. The van der Waals surface area contributed by atoms with Crippen molar-refractivity contribution < 1.29 is 24.6 Å². The van der Waals surface area contributed by atoms with E-state index in [1.54, 1.807) is 0 Å². The first kappa shape index (κ1) is 12.7. The number of amides is 2. The summed E-state index contributed by atoms with van der Waals surface area (Å²) in [6, 6.07) is -1.14. The molecule has 0 radical (unpaired) electrons. The molecule has 2 heterocycles. The zero-order valence-electron chi connectivity index (χ0n) is 10.3. The molecule has 2 aliphatic rings. The van der Waals surface area contributed by atoms with Crippen molar-refractivity contribution in [1.29, 1.82) is 0 Å². The molecule has 2 aliphatic heterocycles. The summed E-state index contributed by atoms with van der Waals surface area (Å²) in [7, 11) is 0. The zero-order chi connectivity index (χ0) is 13.7. The van der Waals surface area contributed by atoms with Crippen LogP contribution in [0.5, 0.6) is 0 Å². The standard InChI is InChI=1S/C11H16N2O5/c1-10(2)4-11(8(16)12-10)3-6(7(14)15)13(5-11)9(17)18/h6H,3-5H2,1-2H3,(H,12,16)(H,14,15)(H,17,18)/t6-,11+/m0/s1. The van der Waals surface area contributed by atoms with Crippen LogP contribution in [0.25, 0.3) is 0 Å². The summed E-state index contributed by atoms with van der Waals surface area (Å²) >= 11 is 0. The van der Waals surface area contributed by atoms with Crippen LogP contribution >= 0.6 is 0 Å². The first-order valence-corrected chi connectivity index (χ1v) is 5.72. The van der Waals surface area contributed by atoms with Crippen LogP contribution in [-0.4, -0.2) is 51.2 Å². The molecule has 2 amide bonds. The average Bonchev–Trinajstić information content (AvgIpc) is 2.66. The van der Waals surface area contributed by atoms with E-state index in [-0.39, 0.29) is 18.9 Å². The summed E-state index contributed by atoms with van der Waals surface area (Å²) in [5.41, 5.74) is -1.32. The fourth-order valence-electron chi connectivity index (χ4n) is 3.11. The average molecular weight is 256 g/mol. The number of carbonyl (C=O) groups is 3. The van der Waals surface area contributed by atoms with Crippen LogP contribution in [0.4, 0.5) is 4.79 Å². The van der Waals surface area contributed by atoms with Gasteiger partial charge in [0.05, 0.1) is 5.41 Å². The molecule has 2 saturated heterocycles. The summed E-state index contributed by atoms with van der Waals surface area (Å²) in [6.07, 6.45) is -0.798. The normalized spacial score (nSPS) is 33.8. The molecule has 0 aromatic rings. The largest absolute Gasteiger partial charge is 0.480 e. The molecular weight excluding hydrogens is 240 g/mol. The number of carboxylic acids is 1. The molecule has 3 N–H and O–H groups in total. The number of likely N-dealkylation sites (tertiary alicyclic amines) is 1. The Morgan fingerprint density at radius 1 is 1.39 bits per heavy atom. The maximum atomic E-state index is 12.0. The number of aliphatic carboxylic acids is 1. The van der Waals surface area contributed by atoms with Crippen LogP contribution in [0.3, 0.4) is 0 Å². The highest BCUT2D eigenvalue weighted by molar-refractivity contribution is 5.90. The fourth-order valence-corrected chi connectivity index (χ4v) is 3.11. The lowest BCUT2D eigenvalue weighted by Gasteiger charge is -2.21. The van der Waals surface area contributed by atoms with Crippen LogP contribution in [0.15, 0.2) is 0 Å². The number of nitrogens with one attached hydrogen (secondary N) is 1. The van der Waals surface area contributed by atoms with Gasteiger partial charge in [-0.3, -0.25) is 9.69 Å². The number of hydrogen-bond acceptors (Lipinski definition) is 3. The fraction of sp³-hybridized carbons (Fsp3) is 0.727. The Balaban J connectivity index is 2.31. The minimum absolute atomic E-state index is 0.0455. The van der Waals surface area contributed by atoms with Gasteiger partial charge in [-0.2, -0.15) is 0 Å². The second-order valence-corrected chi connectivity index (χ2v) is 5.76. The van der Waals surface area contributed by atoms with Crippen molar-refractivity contribution in [3.8, 4) is 0 Å². The molecule has 0 bridgehead atoms. The molecule has 2 rings (SSSR count). The van der Waals surface area contributed by atoms with E-state index in [1.807, 2.05) is 13.8 Å². The van der Waals surface area contributed by atoms with E-state index in [9.17, 15) is 14.4 Å². The van der Waals surface area contributed by atoms with E-state index in [0.717, 1.165) is 4.90 Å². The third-order valence-electron chi connectivity index (χ3n) is 3.68. The number of rotatable bonds is 1. The Hall–Kier alpha value is -1.79. The van der Waals surface area contributed by atoms with Gasteiger partial charge in [-0.25, -0.2) is 9.59 Å². The summed E-state index contributed by atoms with van der Waals surface area (Å²) < 4.78 is 0. The maximum Gasteiger partial charge on any atom is 0.408 e. The highest BCUT2D eigenvalue weighted by Gasteiger charge is 2.59. The molecule has 0 unspecified atom stereocenters. The second-order valence-electron chi connectivity index (χ2n) is 5.76. The Labute approximate surface area is 104 Å². The van der Waals surface area contributed by atoms with Crippen molar-refractivity contribution in [3.63, 3.8) is 0 Å². The molecular formula is C11H16N2O5. The van der Waals surface area contributed by atoms with E-state index < -0.39 is 29.1 Å². The Kier molecular flexibility index (Phi) is 2.53. The second kappa shape index (κ2) is 3.60. The van der Waals surface area contributed by atoms with Crippen molar-refractivity contribution in [3.05, 3.63) is 0 Å². The maximum absolute atomic E-state index is 12.0. The van der Waals surface area contributed by atoms with E-state index >= 15 is 0 Å². The molecule has 0 aromatic carbocycles. The molecule has 7 heteroatoms. The molecule has 0 saturated carbocycles. The highest BCUT2D eigenvalue weighted by Crippen LogP contribution is 2.45. The predicted molar refractivity (Wildman–Crippen MR) is 60.0 cm³/mol. The lowest BCUT2D eigenvalue weighted by Crippen LogP contribution is -2.40. The van der Waals surface area contributed by atoms with Crippen LogP contribution in [0.2, 0.25) is 0 Å². The van der Waals surface area contributed by atoms with E-state index in [1.165, 1.54) is 0 Å². The van der Waals surface area contributed by atoms with E-state index in [0.29, 0.717) is 6.42 Å². The number of carbonyl (C=O) groups excluding carboxylic acids is 1. The summed E-state index contributed by atoms with van der Waals surface area (Å²) in [5, 5.41) is 20.9. The van der Waals surface area contributed by atoms with Crippen molar-refractivity contribution in [2.75, 3.05) is 6.54 Å². The van der Waals surface area contributed by atoms with Crippen molar-refractivity contribution in [2.24, 2.45) is 5.41 Å². The lowest BCUT2D eigenvalue weighted by atomic mass is 9.79. The molecule has 2 fully saturated rings. The van der Waals surface area contributed by atoms with E-state index in [4.69, 9.17) is 10.2 Å². The molecule has 0 aliphatic carbocycles. The van der Waals surface area contributed by atoms with Gasteiger partial charge in [0.1, 0.15) is 6.04 Å². The van der Waals surface area contributed by atoms with Gasteiger partial charge in [0.2, 0.25) is 5.91 Å². The minimum Gasteiger partial charge on any atom is -0.480 e. The van der Waals surface area contributed by atoms with Crippen LogP contribution in [0.1, 0.15) is 26.7 Å². The number of carboxylic acid groups (broad SMARTS) is 2. The van der Waals surface area contributed by atoms with Gasteiger partial charge in [-0.1, -0.05) is 0 Å². The van der Waals surface area contributed by atoms with Crippen LogP contribution in [0, 0.1) is 5.41 Å². The van der Waals surface area contributed by atoms with Gasteiger partial charge in [0.15, 0.2) is 0 Å². The Morgan fingerprint density at radius 2 is 2.00 bits per heavy atom. The van der Waals surface area contributed by atoms with Crippen molar-refractivity contribution >= 4 is 18.0 Å². The van der Waals surface area contributed by atoms with Crippen LogP contribution in [-0.2, 0) is 9.59 Å². The first-order chi connectivity index (χ1) is 8.17. The Bertz CT molecular complexity index is 409. The van der Waals surface area contributed by atoms with Crippen LogP contribution < -0.4 is 5.32 Å². The van der Waals surface area contributed by atoms with Gasteiger partial charge < -0.3 is 15.5 Å². The van der Waals surface area contributed by atoms with Gasteiger partial charge in [-0.15, -0.1) is 0 Å². The number of hydrogen-bond donors (Lipinski definition) is 3. The van der Waals surface area contributed by atoms with Gasteiger partial charge >= 0.3 is 12.1 Å². The minimum atomic E-state index is -1.29. The molecule has 2 atom stereocenters. The zero-order valence-corrected chi connectivity index (χ0v) is 10.3. The van der Waals surface area contributed by atoms with Gasteiger partial charge in [-0.05, 0) is 26.7 Å². The molecule has 7 nitrogen and oxygen atoms in total. The highest BCUT2D eigenvalue weighted by atomic mass is 16.4. The summed E-state index contributed by atoms with van der Waals surface area (Å²) in [5.74, 6) is -1.45. The third-order valence-corrected chi connectivity index (χ3v) is 3.68. The molecule has 0 aromatic heterocycles. The smallest absolute Gasteiger partial charge is 0.408 e. The quantitative estimate of drug-likeness (QED) is 0.617. The van der Waals surface area contributed by atoms with Crippen molar-refractivity contribution in [1.82, 2.24) is 10.2 Å². The van der Waals surface area contributed by atoms with E-state index in [2.05, 4.69) is 5.32 Å². The topological polar surface area (TPSA) is 107 Å². The van der Waals surface area contributed by atoms with Gasteiger partial charge in [0, 0.05) is 12.1 Å². The molecule has 100 valence electrons. The monoisotopic (exact) mass is 256 g/mol. The third kappa shape index (κ3) is 1.79. The SMILES string of the molecule is CC1(C)C[C@@]2(C[C@@H](C(=O)O)N(C(=O)O)C2)C(=O)N1. The molecule has 1 spiro atoms. The molecule has 18 heavy (non-hydrogen) atoms. The van der Waals surface area contributed by atoms with Gasteiger partial charge in [0.25, 0.3) is 0 Å². The number of nitrogens with zero attached hydrogens (tertiary/aromatic N) is 1. The summed E-state index contributed by atoms with van der Waals surface area (Å²) in [4.78, 5) is 35.0. The summed E-state index contributed by atoms with van der Waals surface area (Å²) in [6.45, 7) is 3.65. The van der Waals surface area contributed by atoms with Crippen molar-refractivity contribution in [2.45, 2.75) is 38.3 Å². The predicted octanol–water partition coefficient (Wildman–Crippen LogP) is 0.108. The lowest BCUT2D eigenvalue weighted by molar-refractivity contribution is -0.141. The first-order valence-electron chi connectivity index (χ1n) is 5.72.